The van der Waals surface area contributed by atoms with Gasteiger partial charge in [-0.1, -0.05) is 6.92 Å². The molecule has 1 aromatic rings. The average Bonchev–Trinajstić information content (AvgIpc) is 2.36. The molecular formula is C11H19N5O2. The fourth-order valence-electron chi connectivity index (χ4n) is 1.51. The van der Waals surface area contributed by atoms with E-state index in [-0.39, 0.29) is 6.54 Å². The summed E-state index contributed by atoms with van der Waals surface area (Å²) in [7, 11) is 0. The minimum atomic E-state index is -1.23. The second kappa shape index (κ2) is 6.75. The van der Waals surface area contributed by atoms with Gasteiger partial charge in [-0.2, -0.15) is 0 Å². The first-order valence-electron chi connectivity index (χ1n) is 5.89. The molecule has 1 rings (SSSR count). The van der Waals surface area contributed by atoms with Gasteiger partial charge in [0.05, 0.1) is 6.54 Å². The molecule has 7 heteroatoms. The van der Waals surface area contributed by atoms with Crippen LogP contribution < -0.4 is 16.4 Å². The number of primary amides is 1. The van der Waals surface area contributed by atoms with Crippen LogP contribution in [-0.2, 0) is 11.2 Å². The molecule has 0 spiro atoms. The van der Waals surface area contributed by atoms with Crippen LogP contribution in [0.5, 0.6) is 0 Å². The molecule has 0 saturated carbocycles. The minimum absolute atomic E-state index is 0.0327. The highest BCUT2D eigenvalue weighted by molar-refractivity contribution is 5.79. The third-order valence-electron chi connectivity index (χ3n) is 2.43. The summed E-state index contributed by atoms with van der Waals surface area (Å²) in [5.74, 6) is 0.594. The Morgan fingerprint density at radius 2 is 2.00 bits per heavy atom. The van der Waals surface area contributed by atoms with Gasteiger partial charge in [-0.3, -0.25) is 4.79 Å². The molecule has 5 N–H and O–H groups in total. The van der Waals surface area contributed by atoms with Crippen LogP contribution in [0.4, 0.5) is 11.6 Å². The van der Waals surface area contributed by atoms with Crippen LogP contribution >= 0.6 is 0 Å². The van der Waals surface area contributed by atoms with Crippen LogP contribution in [0.3, 0.4) is 0 Å². The molecule has 1 aromatic heterocycles. The zero-order valence-electron chi connectivity index (χ0n) is 10.6. The van der Waals surface area contributed by atoms with Crippen LogP contribution in [0.25, 0.3) is 0 Å². The Bertz CT molecular complexity index is 410. The fraction of sp³-hybridized carbons (Fsp3) is 0.545. The summed E-state index contributed by atoms with van der Waals surface area (Å²) in [4.78, 5) is 19.0. The first-order valence-corrected chi connectivity index (χ1v) is 5.89. The topological polar surface area (TPSA) is 113 Å². The lowest BCUT2D eigenvalue weighted by atomic mass is 10.2. The summed E-state index contributed by atoms with van der Waals surface area (Å²) in [6.45, 7) is 4.75. The molecule has 1 amide bonds. The lowest BCUT2D eigenvalue weighted by Gasteiger charge is -2.14. The number of nitrogens with zero attached hydrogens (tertiary/aromatic N) is 2. The van der Waals surface area contributed by atoms with Crippen LogP contribution in [0.2, 0.25) is 0 Å². The molecule has 1 unspecified atom stereocenters. The molecule has 0 aromatic carbocycles. The molecule has 0 saturated heterocycles. The Kier molecular flexibility index (Phi) is 5.31. The second-order valence-corrected chi connectivity index (χ2v) is 3.73. The smallest absolute Gasteiger partial charge is 0.248 e. The summed E-state index contributed by atoms with van der Waals surface area (Å²) in [5, 5.41) is 15.4. The number of aliphatic hydroxyl groups is 1. The van der Waals surface area contributed by atoms with E-state index in [4.69, 9.17) is 5.73 Å². The monoisotopic (exact) mass is 253 g/mol. The van der Waals surface area contributed by atoms with Crippen molar-refractivity contribution >= 4 is 17.5 Å². The second-order valence-electron chi connectivity index (χ2n) is 3.73. The van der Waals surface area contributed by atoms with Crippen molar-refractivity contribution in [3.63, 3.8) is 0 Å². The van der Waals surface area contributed by atoms with Crippen molar-refractivity contribution < 1.29 is 9.90 Å². The molecule has 0 radical (unpaired) electrons. The van der Waals surface area contributed by atoms with Gasteiger partial charge in [0.25, 0.3) is 0 Å². The quantitative estimate of drug-likeness (QED) is 0.532. The normalized spacial score (nSPS) is 11.9. The van der Waals surface area contributed by atoms with E-state index < -0.39 is 12.0 Å². The predicted octanol–water partition coefficient (Wildman–Crippen LogP) is -0.271. The predicted molar refractivity (Wildman–Crippen MR) is 69.3 cm³/mol. The Labute approximate surface area is 106 Å². The molecule has 0 fully saturated rings. The van der Waals surface area contributed by atoms with Gasteiger partial charge < -0.3 is 21.5 Å². The average molecular weight is 253 g/mol. The first-order chi connectivity index (χ1) is 8.60. The van der Waals surface area contributed by atoms with Gasteiger partial charge in [0.2, 0.25) is 5.91 Å². The standard InChI is InChI=1S/C11H19N5O2/c1-3-7-10(13-4-2)15-6-16-11(7)14-5-8(17)9(12)18/h6,8,17H,3-5H2,1-2H3,(H2,12,18)(H2,13,14,15,16). The number of rotatable bonds is 7. The molecule has 1 atom stereocenters. The van der Waals surface area contributed by atoms with Crippen LogP contribution in [0.15, 0.2) is 6.33 Å². The Hall–Kier alpha value is -1.89. The van der Waals surface area contributed by atoms with Crippen molar-refractivity contribution in [1.29, 1.82) is 0 Å². The molecule has 0 aliphatic rings. The summed E-state index contributed by atoms with van der Waals surface area (Å²) >= 11 is 0. The molecular weight excluding hydrogens is 234 g/mol. The number of carbonyl (C=O) groups excluding carboxylic acids is 1. The van der Waals surface area contributed by atoms with E-state index in [9.17, 15) is 9.90 Å². The van der Waals surface area contributed by atoms with E-state index in [0.717, 1.165) is 24.3 Å². The third-order valence-corrected chi connectivity index (χ3v) is 2.43. The third kappa shape index (κ3) is 3.56. The Morgan fingerprint density at radius 3 is 2.50 bits per heavy atom. The van der Waals surface area contributed by atoms with Gasteiger partial charge in [-0.25, -0.2) is 9.97 Å². The number of hydrogen-bond donors (Lipinski definition) is 4. The number of hydrogen-bond acceptors (Lipinski definition) is 6. The zero-order valence-corrected chi connectivity index (χ0v) is 10.6. The van der Waals surface area contributed by atoms with E-state index in [2.05, 4.69) is 20.6 Å². The van der Waals surface area contributed by atoms with Crippen molar-refractivity contribution in [2.45, 2.75) is 26.4 Å². The van der Waals surface area contributed by atoms with Gasteiger partial charge in [-0.05, 0) is 13.3 Å². The minimum Gasteiger partial charge on any atom is -0.381 e. The number of nitrogens with one attached hydrogen (secondary N) is 2. The molecule has 0 bridgehead atoms. The number of aromatic nitrogens is 2. The first kappa shape index (κ1) is 14.2. The molecule has 100 valence electrons. The lowest BCUT2D eigenvalue weighted by molar-refractivity contribution is -0.125. The van der Waals surface area contributed by atoms with Crippen molar-refractivity contribution in [2.75, 3.05) is 23.7 Å². The van der Waals surface area contributed by atoms with Crippen LogP contribution in [0.1, 0.15) is 19.4 Å². The zero-order chi connectivity index (χ0) is 13.5. The maximum absolute atomic E-state index is 10.7. The van der Waals surface area contributed by atoms with Crippen LogP contribution in [0, 0.1) is 0 Å². The molecule has 0 aliphatic carbocycles. The van der Waals surface area contributed by atoms with Gasteiger partial charge in [-0.15, -0.1) is 0 Å². The summed E-state index contributed by atoms with van der Waals surface area (Å²) < 4.78 is 0. The molecule has 18 heavy (non-hydrogen) atoms. The lowest BCUT2D eigenvalue weighted by Crippen LogP contribution is -2.34. The highest BCUT2D eigenvalue weighted by Crippen LogP contribution is 2.20. The Balaban J connectivity index is 2.81. The number of anilines is 2. The number of aliphatic hydroxyl groups excluding tert-OH is 1. The van der Waals surface area contributed by atoms with Gasteiger partial charge in [0.1, 0.15) is 24.1 Å². The number of carbonyl (C=O) groups is 1. The van der Waals surface area contributed by atoms with Gasteiger partial charge >= 0.3 is 0 Å². The van der Waals surface area contributed by atoms with Gasteiger partial charge in [0, 0.05) is 12.1 Å². The van der Waals surface area contributed by atoms with E-state index in [1.165, 1.54) is 6.33 Å². The highest BCUT2D eigenvalue weighted by Gasteiger charge is 2.13. The number of nitrogens with two attached hydrogens (primary N) is 1. The maximum Gasteiger partial charge on any atom is 0.248 e. The summed E-state index contributed by atoms with van der Waals surface area (Å²) in [6, 6.07) is 0. The number of amides is 1. The van der Waals surface area contributed by atoms with Crippen molar-refractivity contribution in [3.05, 3.63) is 11.9 Å². The highest BCUT2D eigenvalue weighted by atomic mass is 16.3. The van der Waals surface area contributed by atoms with E-state index in [1.807, 2.05) is 13.8 Å². The van der Waals surface area contributed by atoms with Crippen molar-refractivity contribution in [2.24, 2.45) is 5.73 Å². The SMILES string of the molecule is CCNc1ncnc(NCC(O)C(N)=O)c1CC. The maximum atomic E-state index is 10.7. The van der Waals surface area contributed by atoms with E-state index >= 15 is 0 Å². The Morgan fingerprint density at radius 1 is 1.39 bits per heavy atom. The van der Waals surface area contributed by atoms with E-state index in [1.54, 1.807) is 0 Å². The molecule has 0 aliphatic heterocycles. The van der Waals surface area contributed by atoms with Crippen molar-refractivity contribution in [3.8, 4) is 0 Å². The van der Waals surface area contributed by atoms with E-state index in [0.29, 0.717) is 5.82 Å². The fourth-order valence-corrected chi connectivity index (χ4v) is 1.51. The molecule has 1 heterocycles. The van der Waals surface area contributed by atoms with Gasteiger partial charge in [0.15, 0.2) is 0 Å². The largest absolute Gasteiger partial charge is 0.381 e. The summed E-state index contributed by atoms with van der Waals surface area (Å²) in [6.07, 6.45) is 0.932. The van der Waals surface area contributed by atoms with Crippen molar-refractivity contribution in [1.82, 2.24) is 9.97 Å². The molecule has 7 nitrogen and oxygen atoms in total. The summed E-state index contributed by atoms with van der Waals surface area (Å²) in [5.41, 5.74) is 5.89. The van der Waals surface area contributed by atoms with Crippen LogP contribution in [-0.4, -0.2) is 40.2 Å².